The summed E-state index contributed by atoms with van der Waals surface area (Å²) in [5.41, 5.74) is 4.04. The molecule has 0 amide bonds. The minimum Gasteiger partial charge on any atom is -0.465 e. The monoisotopic (exact) mass is 396 g/mol. The molecule has 2 heterocycles. The van der Waals surface area contributed by atoms with Gasteiger partial charge in [-0.2, -0.15) is 0 Å². The molecule has 0 N–H and O–H groups in total. The van der Waals surface area contributed by atoms with Crippen LogP contribution in [0.2, 0.25) is 0 Å². The molecule has 2 aromatic rings. The van der Waals surface area contributed by atoms with Gasteiger partial charge in [0.25, 0.3) is 5.56 Å². The Morgan fingerprint density at radius 3 is 2.86 bits per heavy atom. The van der Waals surface area contributed by atoms with Gasteiger partial charge in [0.2, 0.25) is 0 Å². The van der Waals surface area contributed by atoms with Crippen molar-refractivity contribution >= 4 is 17.7 Å². The molecule has 0 bridgehead atoms. The Labute approximate surface area is 168 Å². The molecule has 1 aliphatic heterocycles. The van der Waals surface area contributed by atoms with Crippen LogP contribution in [0.4, 0.5) is 0 Å². The maximum atomic E-state index is 13.7. The fourth-order valence-corrected chi connectivity index (χ4v) is 6.23. The van der Waals surface area contributed by atoms with E-state index in [2.05, 4.69) is 18.2 Å². The average Bonchev–Trinajstić information content (AvgIpc) is 3.14. The molecule has 146 valence electrons. The van der Waals surface area contributed by atoms with Crippen molar-refractivity contribution in [3.63, 3.8) is 0 Å². The van der Waals surface area contributed by atoms with Gasteiger partial charge < -0.3 is 4.74 Å². The summed E-state index contributed by atoms with van der Waals surface area (Å²) in [7, 11) is 0. The van der Waals surface area contributed by atoms with Gasteiger partial charge in [-0.1, -0.05) is 55.3 Å². The van der Waals surface area contributed by atoms with Crippen molar-refractivity contribution in [1.29, 1.82) is 0 Å². The molecule has 0 saturated heterocycles. The Balaban J connectivity index is 1.68. The lowest BCUT2D eigenvalue weighted by Gasteiger charge is -2.41. The zero-order valence-corrected chi connectivity index (χ0v) is 16.9. The number of fused-ring (bicyclic) bond motifs is 5. The summed E-state index contributed by atoms with van der Waals surface area (Å²) >= 11 is 1.36. The molecule has 0 radical (unpaired) electrons. The first kappa shape index (κ1) is 18.0. The Hall–Kier alpha value is -2.08. The highest BCUT2D eigenvalue weighted by Gasteiger charge is 2.44. The van der Waals surface area contributed by atoms with Gasteiger partial charge in [-0.3, -0.25) is 14.2 Å². The largest absolute Gasteiger partial charge is 0.465 e. The molecule has 2 aliphatic carbocycles. The number of carbonyl (C=O) groups excluding carboxylic acids is 1. The summed E-state index contributed by atoms with van der Waals surface area (Å²) < 4.78 is 6.90. The molecule has 1 saturated carbocycles. The summed E-state index contributed by atoms with van der Waals surface area (Å²) in [5.74, 6) is -0.261. The van der Waals surface area contributed by atoms with Crippen molar-refractivity contribution in [1.82, 2.24) is 9.55 Å². The Morgan fingerprint density at radius 1 is 1.29 bits per heavy atom. The molecule has 1 atom stereocenters. The zero-order valence-electron chi connectivity index (χ0n) is 16.1. The third kappa shape index (κ3) is 2.65. The molecule has 3 aliphatic rings. The van der Waals surface area contributed by atoms with Gasteiger partial charge >= 0.3 is 5.97 Å². The lowest BCUT2D eigenvalue weighted by atomic mass is 9.62. The maximum absolute atomic E-state index is 13.7. The molecular weight excluding hydrogens is 372 g/mol. The number of carbonyl (C=O) groups is 1. The summed E-state index contributed by atoms with van der Waals surface area (Å²) in [6.45, 7) is 2.51. The second kappa shape index (κ2) is 6.76. The summed E-state index contributed by atoms with van der Waals surface area (Å²) in [4.78, 5) is 30.9. The van der Waals surface area contributed by atoms with Gasteiger partial charge in [0.15, 0.2) is 5.16 Å². The van der Waals surface area contributed by atoms with E-state index >= 15 is 0 Å². The predicted molar refractivity (Wildman–Crippen MR) is 109 cm³/mol. The number of thioether (sulfide) groups is 1. The van der Waals surface area contributed by atoms with Crippen molar-refractivity contribution in [2.24, 2.45) is 0 Å². The van der Waals surface area contributed by atoms with E-state index in [1.165, 1.54) is 23.7 Å². The van der Waals surface area contributed by atoms with Crippen LogP contribution >= 0.6 is 11.8 Å². The number of aromatic nitrogens is 2. The van der Waals surface area contributed by atoms with Crippen LogP contribution in [0.3, 0.4) is 0 Å². The van der Waals surface area contributed by atoms with Crippen LogP contribution < -0.4 is 5.56 Å². The minimum atomic E-state index is -0.387. The topological polar surface area (TPSA) is 61.2 Å². The van der Waals surface area contributed by atoms with Gasteiger partial charge in [-0.05, 0) is 31.7 Å². The zero-order chi connectivity index (χ0) is 19.3. The third-order valence-corrected chi connectivity index (χ3v) is 7.57. The Bertz CT molecular complexity index is 1010. The van der Waals surface area contributed by atoms with E-state index in [9.17, 15) is 9.59 Å². The molecule has 6 heteroatoms. The normalized spacial score (nSPS) is 21.7. The smallest absolute Gasteiger partial charge is 0.321 e. The fourth-order valence-electron chi connectivity index (χ4n) is 5.16. The van der Waals surface area contributed by atoms with E-state index in [1.807, 2.05) is 6.07 Å². The average molecular weight is 397 g/mol. The van der Waals surface area contributed by atoms with Gasteiger partial charge in [-0.25, -0.2) is 4.98 Å². The fraction of sp³-hybridized carbons (Fsp3) is 0.500. The third-order valence-electron chi connectivity index (χ3n) is 6.42. The second-order valence-corrected chi connectivity index (χ2v) is 9.24. The summed E-state index contributed by atoms with van der Waals surface area (Å²) in [5, 5.41) is 0.256. The van der Waals surface area contributed by atoms with E-state index in [0.29, 0.717) is 18.3 Å². The number of ether oxygens (including phenoxy) is 1. The first-order chi connectivity index (χ1) is 13.6. The quantitative estimate of drug-likeness (QED) is 0.572. The van der Waals surface area contributed by atoms with E-state index in [4.69, 9.17) is 9.72 Å². The maximum Gasteiger partial charge on any atom is 0.321 e. The highest BCUT2D eigenvalue weighted by atomic mass is 32.2. The molecule has 5 nitrogen and oxygen atoms in total. The Morgan fingerprint density at radius 2 is 2.07 bits per heavy atom. The van der Waals surface area contributed by atoms with Crippen molar-refractivity contribution in [2.45, 2.75) is 67.8 Å². The molecule has 1 spiro atoms. The molecular formula is C22H24N2O3S. The standard InChI is InChI=1S/C22H24N2O3S/c1-2-27-20(26)16-13-24-19(25)17-18(23-21(24)28-16)15-9-5-4-8-14(15)12-22(17)10-6-3-7-11-22/h4-5,8-9,16H,2-3,6-7,10-13H2,1H3/t16-/m1/s1. The SMILES string of the molecule is CCOC(=O)[C@H]1Cn2c(nc3c(c2=O)C2(CCCCC2)Cc2ccccc2-3)S1. The van der Waals surface area contributed by atoms with E-state index in [0.717, 1.165) is 48.9 Å². The van der Waals surface area contributed by atoms with Crippen molar-refractivity contribution in [2.75, 3.05) is 6.61 Å². The first-order valence-corrected chi connectivity index (χ1v) is 11.1. The highest BCUT2D eigenvalue weighted by Crippen LogP contribution is 2.49. The molecule has 1 aromatic carbocycles. The second-order valence-electron chi connectivity index (χ2n) is 8.07. The van der Waals surface area contributed by atoms with E-state index in [1.54, 1.807) is 11.5 Å². The van der Waals surface area contributed by atoms with Crippen LogP contribution in [0.25, 0.3) is 11.3 Å². The number of hydrogen-bond acceptors (Lipinski definition) is 5. The van der Waals surface area contributed by atoms with Gasteiger partial charge in [0, 0.05) is 11.0 Å². The molecule has 28 heavy (non-hydrogen) atoms. The number of benzene rings is 1. The van der Waals surface area contributed by atoms with E-state index in [-0.39, 0.29) is 22.2 Å². The number of nitrogens with zero attached hydrogens (tertiary/aromatic N) is 2. The van der Waals surface area contributed by atoms with Gasteiger partial charge in [0.1, 0.15) is 5.25 Å². The van der Waals surface area contributed by atoms with Crippen LogP contribution in [0.5, 0.6) is 0 Å². The molecule has 1 fully saturated rings. The van der Waals surface area contributed by atoms with Crippen molar-refractivity contribution < 1.29 is 9.53 Å². The Kier molecular flexibility index (Phi) is 4.34. The van der Waals surface area contributed by atoms with Gasteiger partial charge in [0.05, 0.1) is 24.4 Å². The summed E-state index contributed by atoms with van der Waals surface area (Å²) in [6.07, 6.45) is 6.55. The molecule has 5 rings (SSSR count). The number of esters is 1. The molecule has 0 unspecified atom stereocenters. The van der Waals surface area contributed by atoms with Crippen LogP contribution in [-0.4, -0.2) is 27.4 Å². The number of hydrogen-bond donors (Lipinski definition) is 0. The van der Waals surface area contributed by atoms with Crippen LogP contribution in [0.15, 0.2) is 34.2 Å². The lowest BCUT2D eigenvalue weighted by Crippen LogP contribution is -2.43. The molecule has 1 aromatic heterocycles. The van der Waals surface area contributed by atoms with Crippen LogP contribution in [-0.2, 0) is 27.9 Å². The minimum absolute atomic E-state index is 0.0516. The van der Waals surface area contributed by atoms with Crippen molar-refractivity contribution in [3.8, 4) is 11.3 Å². The van der Waals surface area contributed by atoms with Crippen LogP contribution in [0, 0.1) is 0 Å². The van der Waals surface area contributed by atoms with Crippen LogP contribution in [0.1, 0.15) is 50.2 Å². The van der Waals surface area contributed by atoms with E-state index < -0.39 is 0 Å². The first-order valence-electron chi connectivity index (χ1n) is 10.2. The lowest BCUT2D eigenvalue weighted by molar-refractivity contribution is -0.142. The van der Waals surface area contributed by atoms with Gasteiger partial charge in [-0.15, -0.1) is 0 Å². The van der Waals surface area contributed by atoms with Crippen molar-refractivity contribution in [3.05, 3.63) is 45.7 Å². The summed E-state index contributed by atoms with van der Waals surface area (Å²) in [6, 6.07) is 8.35. The predicted octanol–water partition coefficient (Wildman–Crippen LogP) is 3.71. The number of rotatable bonds is 2. The highest BCUT2D eigenvalue weighted by molar-refractivity contribution is 8.00.